The third kappa shape index (κ3) is 7.33. The van der Waals surface area contributed by atoms with Gasteiger partial charge >= 0.3 is 5.97 Å². The average molecular weight is 636 g/mol. The molecular weight excluding hydrogens is 606 g/mol. The first-order chi connectivity index (χ1) is 19.8. The number of nitrogens with one attached hydrogen (secondary N) is 2. The van der Waals surface area contributed by atoms with E-state index < -0.39 is 33.3 Å². The van der Waals surface area contributed by atoms with E-state index in [0.717, 1.165) is 21.7 Å². The van der Waals surface area contributed by atoms with Crippen molar-refractivity contribution in [2.45, 2.75) is 37.8 Å². The summed E-state index contributed by atoms with van der Waals surface area (Å²) in [5.74, 6) is -1.69. The van der Waals surface area contributed by atoms with E-state index in [0.29, 0.717) is 29.5 Å². The van der Waals surface area contributed by atoms with Crippen LogP contribution in [0.3, 0.4) is 0 Å². The van der Waals surface area contributed by atoms with Gasteiger partial charge in [0.2, 0.25) is 5.91 Å². The van der Waals surface area contributed by atoms with Gasteiger partial charge in [-0.3, -0.25) is 9.10 Å². The summed E-state index contributed by atoms with van der Waals surface area (Å²) in [6, 6.07) is 9.88. The van der Waals surface area contributed by atoms with Crippen molar-refractivity contribution in [3.05, 3.63) is 65.0 Å². The largest absolute Gasteiger partial charge is 0.497 e. The number of methoxy groups -OCH3 is 1. The predicted octanol–water partition coefficient (Wildman–Crippen LogP) is 3.77. The van der Waals surface area contributed by atoms with Crippen LogP contribution in [0.2, 0.25) is 0 Å². The average Bonchev–Trinajstić information content (AvgIpc) is 3.57. The van der Waals surface area contributed by atoms with Crippen LogP contribution in [0.5, 0.6) is 5.75 Å². The summed E-state index contributed by atoms with van der Waals surface area (Å²) >= 11 is 6.06. The van der Waals surface area contributed by atoms with E-state index in [4.69, 9.17) is 21.7 Å². The number of amides is 1. The molecule has 1 saturated heterocycles. The molecule has 42 heavy (non-hydrogen) atoms. The molecule has 0 bridgehead atoms. The first-order valence-corrected chi connectivity index (χ1v) is 15.5. The monoisotopic (exact) mass is 635 g/mol. The smallest absolute Gasteiger partial charge is 0.360 e. The van der Waals surface area contributed by atoms with Gasteiger partial charge in [0, 0.05) is 13.1 Å². The number of halogens is 1. The first-order valence-electron chi connectivity index (χ1n) is 12.7. The summed E-state index contributed by atoms with van der Waals surface area (Å²) in [4.78, 5) is 30.8. The van der Waals surface area contributed by atoms with Gasteiger partial charge in [-0.05, 0) is 68.9 Å². The van der Waals surface area contributed by atoms with Crippen LogP contribution in [-0.4, -0.2) is 67.6 Å². The van der Waals surface area contributed by atoms with Crippen LogP contribution in [0.15, 0.2) is 52.9 Å². The van der Waals surface area contributed by atoms with Gasteiger partial charge in [-0.1, -0.05) is 12.1 Å². The van der Waals surface area contributed by atoms with Crippen LogP contribution in [-0.2, 0) is 26.1 Å². The van der Waals surface area contributed by atoms with E-state index in [1.807, 2.05) is 0 Å². The molecule has 1 aliphatic rings. The summed E-state index contributed by atoms with van der Waals surface area (Å²) in [6.45, 7) is 5.91. The lowest BCUT2D eigenvalue weighted by Gasteiger charge is -2.25. The minimum atomic E-state index is -4.45. The highest BCUT2D eigenvalue weighted by Gasteiger charge is 2.33. The number of nitrogens with zero attached hydrogens (tertiary/aromatic N) is 3. The van der Waals surface area contributed by atoms with Crippen molar-refractivity contribution in [1.29, 1.82) is 0 Å². The highest BCUT2D eigenvalue weighted by atomic mass is 32.2. The molecule has 4 rings (SSSR count). The van der Waals surface area contributed by atoms with E-state index >= 15 is 4.39 Å². The molecule has 0 radical (unpaired) electrons. The topological polar surface area (TPSA) is 130 Å². The second-order valence-electron chi connectivity index (χ2n) is 10.2. The second-order valence-corrected chi connectivity index (χ2v) is 13.3. The fourth-order valence-electron chi connectivity index (χ4n) is 3.96. The normalized spacial score (nSPS) is 13.5. The highest BCUT2D eigenvalue weighted by molar-refractivity contribution is 7.93. The Morgan fingerprint density at radius 2 is 1.93 bits per heavy atom. The van der Waals surface area contributed by atoms with E-state index in [2.05, 4.69) is 15.6 Å². The SMILES string of the molecule is COc1ccc(CN(c2scnc2C(=O)OC(C)(C)C)S(=O)(=O)c2ccc(NC(=O)CN3CCNC3=S)c(F)c2)cc1. The number of hydrogen-bond acceptors (Lipinski definition) is 9. The number of thiocarbonyl (C=S) groups is 1. The standard InChI is InChI=1S/C27H30FN5O6S3/c1-27(2,3)39-25(35)23-24(41-16-30-23)33(14-17-5-7-18(38-4)8-6-17)42(36,37)19-9-10-21(20(28)13-19)31-22(34)15-32-12-11-29-26(32)40/h5-10,13,16H,11-12,14-15H2,1-4H3,(H,29,40)(H,31,34). The number of carbonyl (C=O) groups is 2. The quantitative estimate of drug-likeness (QED) is 0.251. The fourth-order valence-corrected chi connectivity index (χ4v) is 6.70. The Morgan fingerprint density at radius 1 is 1.21 bits per heavy atom. The molecular formula is C27H30FN5O6S3. The minimum Gasteiger partial charge on any atom is -0.497 e. The number of ether oxygens (including phenoxy) is 2. The highest BCUT2D eigenvalue weighted by Crippen LogP contribution is 2.34. The van der Waals surface area contributed by atoms with Crippen molar-refractivity contribution in [1.82, 2.24) is 15.2 Å². The summed E-state index contributed by atoms with van der Waals surface area (Å²) < 4.78 is 54.9. The fraction of sp³-hybridized carbons (Fsp3) is 0.333. The number of esters is 1. The molecule has 0 saturated carbocycles. The van der Waals surface area contributed by atoms with Crippen molar-refractivity contribution in [2.24, 2.45) is 0 Å². The number of rotatable bonds is 10. The molecule has 1 amide bonds. The maximum absolute atomic E-state index is 15.2. The molecule has 1 fully saturated rings. The Bertz CT molecular complexity index is 1590. The van der Waals surface area contributed by atoms with E-state index in [-0.39, 0.29) is 34.4 Å². The summed E-state index contributed by atoms with van der Waals surface area (Å²) in [5, 5.41) is 5.83. The third-order valence-electron chi connectivity index (χ3n) is 5.93. The van der Waals surface area contributed by atoms with Crippen LogP contribution in [0.25, 0.3) is 0 Å². The van der Waals surface area contributed by atoms with E-state index in [1.54, 1.807) is 49.9 Å². The number of benzene rings is 2. The summed E-state index contributed by atoms with van der Waals surface area (Å²) in [7, 11) is -2.94. The molecule has 0 aliphatic carbocycles. The lowest BCUT2D eigenvalue weighted by Crippen LogP contribution is -2.35. The number of carbonyl (C=O) groups excluding carboxylic acids is 2. The molecule has 2 N–H and O–H groups in total. The molecule has 0 atom stereocenters. The maximum atomic E-state index is 15.2. The molecule has 2 aromatic carbocycles. The Morgan fingerprint density at radius 3 is 2.52 bits per heavy atom. The minimum absolute atomic E-state index is 0.00745. The van der Waals surface area contributed by atoms with Crippen molar-refractivity contribution in [3.63, 3.8) is 0 Å². The Labute approximate surface area is 252 Å². The zero-order valence-electron chi connectivity index (χ0n) is 23.3. The van der Waals surface area contributed by atoms with Crippen LogP contribution >= 0.6 is 23.6 Å². The van der Waals surface area contributed by atoms with Gasteiger partial charge in [0.25, 0.3) is 10.0 Å². The lowest BCUT2D eigenvalue weighted by atomic mass is 10.2. The van der Waals surface area contributed by atoms with Crippen LogP contribution in [0.1, 0.15) is 36.8 Å². The molecule has 3 aromatic rings. The lowest BCUT2D eigenvalue weighted by molar-refractivity contribution is -0.116. The van der Waals surface area contributed by atoms with Gasteiger partial charge in [0.05, 0.1) is 36.3 Å². The van der Waals surface area contributed by atoms with Crippen LogP contribution < -0.4 is 19.7 Å². The molecule has 2 heterocycles. The van der Waals surface area contributed by atoms with Crippen molar-refractivity contribution in [3.8, 4) is 5.75 Å². The van der Waals surface area contributed by atoms with Gasteiger partial charge in [0.15, 0.2) is 10.8 Å². The van der Waals surface area contributed by atoms with Gasteiger partial charge in [-0.2, -0.15) is 0 Å². The zero-order valence-corrected chi connectivity index (χ0v) is 25.8. The number of aromatic nitrogens is 1. The number of hydrogen-bond donors (Lipinski definition) is 2. The van der Waals surface area contributed by atoms with Crippen LogP contribution in [0.4, 0.5) is 15.1 Å². The Kier molecular flexibility index (Phi) is 9.33. The van der Waals surface area contributed by atoms with Gasteiger partial charge in [0.1, 0.15) is 22.2 Å². The zero-order chi connectivity index (χ0) is 30.7. The molecule has 1 aromatic heterocycles. The van der Waals surface area contributed by atoms with Gasteiger partial charge in [-0.25, -0.2) is 22.6 Å². The summed E-state index contributed by atoms with van der Waals surface area (Å²) in [6.07, 6.45) is 0. The molecule has 1 aliphatic heterocycles. The number of anilines is 2. The third-order valence-corrected chi connectivity index (χ3v) is 9.04. The van der Waals surface area contributed by atoms with Crippen molar-refractivity contribution >= 4 is 61.3 Å². The van der Waals surface area contributed by atoms with Crippen molar-refractivity contribution in [2.75, 3.05) is 36.4 Å². The van der Waals surface area contributed by atoms with Gasteiger partial charge < -0.3 is 25.0 Å². The van der Waals surface area contributed by atoms with E-state index in [9.17, 15) is 18.0 Å². The van der Waals surface area contributed by atoms with Crippen LogP contribution in [0, 0.1) is 5.82 Å². The molecule has 15 heteroatoms. The Hall–Kier alpha value is -3.82. The number of thiazole rings is 1. The first kappa shape index (κ1) is 31.1. The maximum Gasteiger partial charge on any atom is 0.360 e. The second kappa shape index (κ2) is 12.6. The summed E-state index contributed by atoms with van der Waals surface area (Å²) in [5.41, 5.74) is 0.682. The molecule has 224 valence electrons. The molecule has 0 spiro atoms. The Balaban J connectivity index is 1.66. The van der Waals surface area contributed by atoms with Crippen molar-refractivity contribution < 1.29 is 31.9 Å². The van der Waals surface area contributed by atoms with Gasteiger partial charge in [-0.15, -0.1) is 11.3 Å². The number of sulfonamides is 1. The molecule has 11 nitrogen and oxygen atoms in total. The predicted molar refractivity (Wildman–Crippen MR) is 161 cm³/mol. The molecule has 0 unspecified atom stereocenters. The van der Waals surface area contributed by atoms with E-state index in [1.165, 1.54) is 24.8 Å².